The fraction of sp³-hybridized carbons (Fsp3) is 1.00. The van der Waals surface area contributed by atoms with E-state index in [-0.39, 0.29) is 0 Å². The van der Waals surface area contributed by atoms with Gasteiger partial charge in [0, 0.05) is 6.61 Å². The molecule has 1 nitrogen and oxygen atoms in total. The molecule has 0 bridgehead atoms. The Morgan fingerprint density at radius 2 is 1.80 bits per heavy atom. The van der Waals surface area contributed by atoms with Crippen molar-refractivity contribution in [3.63, 3.8) is 0 Å². The van der Waals surface area contributed by atoms with Gasteiger partial charge >= 0.3 is 0 Å². The third kappa shape index (κ3) is 2.38. The molecule has 0 amide bonds. The maximum atomic E-state index is 5.68. The molecule has 0 aromatic rings. The molecule has 0 atom stereocenters. The predicted molar refractivity (Wildman–Crippen MR) is 63.9 cm³/mol. The number of ether oxygens (including phenoxy) is 1. The molecule has 2 aliphatic carbocycles. The van der Waals surface area contributed by atoms with Gasteiger partial charge in [-0.3, -0.25) is 0 Å². The lowest BCUT2D eigenvalue weighted by atomic mass is 9.57. The Kier molecular flexibility index (Phi) is 3.39. The second kappa shape index (κ2) is 4.45. The molecule has 0 N–H and O–H groups in total. The third-order valence-corrected chi connectivity index (χ3v) is 4.76. The van der Waals surface area contributed by atoms with Crippen molar-refractivity contribution < 1.29 is 4.74 Å². The summed E-state index contributed by atoms with van der Waals surface area (Å²) in [6.45, 7) is 7.77. The van der Waals surface area contributed by atoms with E-state index in [0.717, 1.165) is 18.4 Å². The van der Waals surface area contributed by atoms with E-state index in [9.17, 15) is 0 Å². The topological polar surface area (TPSA) is 9.23 Å². The van der Waals surface area contributed by atoms with Gasteiger partial charge in [-0.2, -0.15) is 0 Å². The maximum absolute atomic E-state index is 5.68. The molecule has 1 spiro atoms. The Morgan fingerprint density at radius 1 is 1.20 bits per heavy atom. The number of hydrogen-bond donors (Lipinski definition) is 0. The van der Waals surface area contributed by atoms with E-state index < -0.39 is 0 Å². The van der Waals surface area contributed by atoms with Crippen LogP contribution in [0.5, 0.6) is 0 Å². The molecule has 15 heavy (non-hydrogen) atoms. The van der Waals surface area contributed by atoms with Crippen molar-refractivity contribution in [1.82, 2.24) is 0 Å². The molecule has 2 saturated carbocycles. The molecule has 2 aliphatic rings. The van der Waals surface area contributed by atoms with Gasteiger partial charge < -0.3 is 4.74 Å². The van der Waals surface area contributed by atoms with E-state index in [1.54, 1.807) is 0 Å². The van der Waals surface area contributed by atoms with Crippen LogP contribution in [0.3, 0.4) is 0 Å². The molecule has 0 heterocycles. The van der Waals surface area contributed by atoms with Crippen LogP contribution in [-0.2, 0) is 4.74 Å². The Bertz CT molecular complexity index is 193. The maximum Gasteiger partial charge on any atom is 0.0585 e. The van der Waals surface area contributed by atoms with Crippen LogP contribution in [0.4, 0.5) is 0 Å². The Morgan fingerprint density at radius 3 is 2.27 bits per heavy atom. The number of hydrogen-bond acceptors (Lipinski definition) is 1. The summed E-state index contributed by atoms with van der Waals surface area (Å²) >= 11 is 0. The summed E-state index contributed by atoms with van der Waals surface area (Å²) in [6.07, 6.45) is 9.19. The molecular weight excluding hydrogens is 184 g/mol. The van der Waals surface area contributed by atoms with Crippen LogP contribution < -0.4 is 0 Å². The lowest BCUT2D eigenvalue weighted by molar-refractivity contribution is -0.0995. The van der Waals surface area contributed by atoms with Crippen molar-refractivity contribution in [1.29, 1.82) is 0 Å². The molecule has 0 aromatic heterocycles. The first-order valence-electron chi connectivity index (χ1n) is 6.77. The minimum absolute atomic E-state index is 0.602. The average Bonchev–Trinajstić information content (AvgIpc) is 2.16. The van der Waals surface area contributed by atoms with Gasteiger partial charge in [0.2, 0.25) is 0 Å². The normalized spacial score (nSPS) is 40.8. The number of rotatable bonds is 3. The van der Waals surface area contributed by atoms with E-state index in [0.29, 0.717) is 11.5 Å². The molecular formula is C14H26O. The van der Waals surface area contributed by atoms with Crippen molar-refractivity contribution >= 4 is 0 Å². The first-order chi connectivity index (χ1) is 7.15. The Balaban J connectivity index is 1.75. The van der Waals surface area contributed by atoms with Crippen molar-refractivity contribution in [2.45, 2.75) is 65.4 Å². The highest BCUT2D eigenvalue weighted by Gasteiger charge is 2.46. The summed E-state index contributed by atoms with van der Waals surface area (Å²) in [6, 6.07) is 0. The summed E-state index contributed by atoms with van der Waals surface area (Å²) in [4.78, 5) is 0. The van der Waals surface area contributed by atoms with Crippen molar-refractivity contribution in [3.8, 4) is 0 Å². The fourth-order valence-electron chi connectivity index (χ4n) is 3.59. The van der Waals surface area contributed by atoms with E-state index in [1.807, 2.05) is 0 Å². The van der Waals surface area contributed by atoms with Gasteiger partial charge in [0.05, 0.1) is 6.10 Å². The van der Waals surface area contributed by atoms with Crippen LogP contribution in [-0.4, -0.2) is 12.7 Å². The minimum atomic E-state index is 0.602. The molecule has 2 rings (SSSR count). The molecule has 1 heteroatoms. The van der Waals surface area contributed by atoms with Gasteiger partial charge in [-0.05, 0) is 62.7 Å². The van der Waals surface area contributed by atoms with E-state index in [1.165, 1.54) is 38.5 Å². The minimum Gasteiger partial charge on any atom is -0.378 e. The highest BCUT2D eigenvalue weighted by atomic mass is 16.5. The first kappa shape index (κ1) is 11.4. The van der Waals surface area contributed by atoms with Crippen LogP contribution in [0.15, 0.2) is 0 Å². The molecule has 0 radical (unpaired) electrons. The standard InChI is InChI=1S/C14H26O/c1-4-15-13-9-14(10-13)7-5-12(6-8-14)11(2)3/h11-13H,4-10H2,1-3H3. The predicted octanol–water partition coefficient (Wildman–Crippen LogP) is 4.02. The van der Waals surface area contributed by atoms with Gasteiger partial charge in [0.1, 0.15) is 0 Å². The van der Waals surface area contributed by atoms with Crippen molar-refractivity contribution in [2.75, 3.05) is 6.61 Å². The van der Waals surface area contributed by atoms with E-state index in [4.69, 9.17) is 4.74 Å². The third-order valence-electron chi connectivity index (χ3n) is 4.76. The van der Waals surface area contributed by atoms with Crippen molar-refractivity contribution in [2.24, 2.45) is 17.3 Å². The highest BCUT2D eigenvalue weighted by Crippen LogP contribution is 2.54. The lowest BCUT2D eigenvalue weighted by Crippen LogP contribution is -2.45. The van der Waals surface area contributed by atoms with Crippen LogP contribution in [0.25, 0.3) is 0 Å². The average molecular weight is 210 g/mol. The van der Waals surface area contributed by atoms with Gasteiger partial charge in [0.15, 0.2) is 0 Å². The fourth-order valence-corrected chi connectivity index (χ4v) is 3.59. The van der Waals surface area contributed by atoms with Gasteiger partial charge in [0.25, 0.3) is 0 Å². The van der Waals surface area contributed by atoms with E-state index in [2.05, 4.69) is 20.8 Å². The van der Waals surface area contributed by atoms with Crippen molar-refractivity contribution in [3.05, 3.63) is 0 Å². The van der Waals surface area contributed by atoms with Crippen LogP contribution >= 0.6 is 0 Å². The first-order valence-corrected chi connectivity index (χ1v) is 6.77. The molecule has 0 saturated heterocycles. The summed E-state index contributed by atoms with van der Waals surface area (Å²) in [5.74, 6) is 1.90. The monoisotopic (exact) mass is 210 g/mol. The quantitative estimate of drug-likeness (QED) is 0.683. The summed E-state index contributed by atoms with van der Waals surface area (Å²) in [5, 5.41) is 0. The second-order valence-corrected chi connectivity index (χ2v) is 6.07. The smallest absolute Gasteiger partial charge is 0.0585 e. The largest absolute Gasteiger partial charge is 0.378 e. The molecule has 88 valence electrons. The van der Waals surface area contributed by atoms with Gasteiger partial charge in [-0.15, -0.1) is 0 Å². The summed E-state index contributed by atoms with van der Waals surface area (Å²) < 4.78 is 5.68. The van der Waals surface area contributed by atoms with Crippen LogP contribution in [0.2, 0.25) is 0 Å². The molecule has 0 unspecified atom stereocenters. The second-order valence-electron chi connectivity index (χ2n) is 6.07. The van der Waals surface area contributed by atoms with Gasteiger partial charge in [-0.1, -0.05) is 13.8 Å². The molecule has 0 aromatic carbocycles. The van der Waals surface area contributed by atoms with Gasteiger partial charge in [-0.25, -0.2) is 0 Å². The lowest BCUT2D eigenvalue weighted by Gasteiger charge is -2.51. The Labute approximate surface area is 94.6 Å². The van der Waals surface area contributed by atoms with E-state index >= 15 is 0 Å². The zero-order chi connectivity index (χ0) is 10.9. The van der Waals surface area contributed by atoms with Crippen LogP contribution in [0.1, 0.15) is 59.3 Å². The summed E-state index contributed by atoms with van der Waals surface area (Å²) in [7, 11) is 0. The summed E-state index contributed by atoms with van der Waals surface area (Å²) in [5.41, 5.74) is 0.714. The Hall–Kier alpha value is -0.0400. The zero-order valence-corrected chi connectivity index (χ0v) is 10.6. The highest BCUT2D eigenvalue weighted by molar-refractivity contribution is 4.97. The van der Waals surface area contributed by atoms with Crippen LogP contribution in [0, 0.1) is 17.3 Å². The SMILES string of the molecule is CCOC1CC2(CCC(C(C)C)CC2)C1. The molecule has 2 fully saturated rings. The zero-order valence-electron chi connectivity index (χ0n) is 10.6. The molecule has 0 aliphatic heterocycles.